The number of ether oxygens (including phenoxy) is 3. The van der Waals surface area contributed by atoms with Crippen molar-refractivity contribution in [3.8, 4) is 22.8 Å². The number of hydrogen-bond acceptors (Lipinski definition) is 8. The number of nitrogens with zero attached hydrogens (tertiary/aromatic N) is 3. The molecular formula is C25H22F2N4O5S. The first-order chi connectivity index (χ1) is 17.7. The van der Waals surface area contributed by atoms with Gasteiger partial charge in [-0.25, -0.2) is 32.2 Å². The molecule has 1 aliphatic rings. The second-order valence-electron chi connectivity index (χ2n) is 8.39. The van der Waals surface area contributed by atoms with Crippen LogP contribution in [0, 0.1) is 18.6 Å². The number of methoxy groups -OCH3 is 1. The van der Waals surface area contributed by atoms with E-state index in [1.54, 1.807) is 6.07 Å². The highest BCUT2D eigenvalue weighted by atomic mass is 32.2. The molecular weight excluding hydrogens is 506 g/mol. The molecule has 192 valence electrons. The van der Waals surface area contributed by atoms with Crippen molar-refractivity contribution in [3.05, 3.63) is 66.3 Å². The third-order valence-electron chi connectivity index (χ3n) is 5.89. The van der Waals surface area contributed by atoms with Gasteiger partial charge in [0, 0.05) is 35.3 Å². The minimum atomic E-state index is -4.43. The Morgan fingerprint density at radius 1 is 1.08 bits per heavy atom. The van der Waals surface area contributed by atoms with Crippen LogP contribution < -0.4 is 14.2 Å². The van der Waals surface area contributed by atoms with Gasteiger partial charge in [0.2, 0.25) is 5.88 Å². The molecule has 1 atom stereocenters. The Morgan fingerprint density at radius 3 is 2.65 bits per heavy atom. The molecule has 0 unspecified atom stereocenters. The van der Waals surface area contributed by atoms with E-state index >= 15 is 0 Å². The third-order valence-corrected chi connectivity index (χ3v) is 7.29. The Hall–Kier alpha value is -3.90. The molecule has 0 radical (unpaired) electrons. The molecule has 3 heterocycles. The summed E-state index contributed by atoms with van der Waals surface area (Å²) in [4.78, 5) is 12.2. The molecule has 1 aliphatic heterocycles. The third kappa shape index (κ3) is 5.02. The Morgan fingerprint density at radius 2 is 1.92 bits per heavy atom. The fourth-order valence-electron chi connectivity index (χ4n) is 4.04. The quantitative estimate of drug-likeness (QED) is 0.379. The van der Waals surface area contributed by atoms with E-state index in [1.807, 2.05) is 13.0 Å². The van der Waals surface area contributed by atoms with E-state index in [0.29, 0.717) is 41.7 Å². The smallest absolute Gasteiger partial charge is 0.264 e. The van der Waals surface area contributed by atoms with Crippen LogP contribution >= 0.6 is 0 Å². The average molecular weight is 529 g/mol. The number of hydrogen-bond donors (Lipinski definition) is 1. The maximum atomic E-state index is 14.2. The summed E-state index contributed by atoms with van der Waals surface area (Å²) in [6.45, 7) is 2.92. The molecule has 2 aromatic carbocycles. The number of sulfonamides is 1. The Balaban J connectivity index is 1.58. The second-order valence-corrected chi connectivity index (χ2v) is 10.0. The summed E-state index contributed by atoms with van der Waals surface area (Å²) in [5, 5.41) is 0.750. The van der Waals surface area contributed by atoms with Gasteiger partial charge in [-0.1, -0.05) is 0 Å². The van der Waals surface area contributed by atoms with Gasteiger partial charge in [0.05, 0.1) is 20.3 Å². The predicted molar refractivity (Wildman–Crippen MR) is 131 cm³/mol. The summed E-state index contributed by atoms with van der Waals surface area (Å²) in [7, 11) is -3.10. The van der Waals surface area contributed by atoms with Crippen LogP contribution in [-0.2, 0) is 14.8 Å². The molecule has 0 spiro atoms. The van der Waals surface area contributed by atoms with E-state index in [0.717, 1.165) is 29.6 Å². The standard InChI is InChI=1S/C25H22F2N4O5S/c1-14-19-7-15(9-22(24(19)30-13-29-14)36-18-5-6-35-12-18)16-8-21(25(34-2)28-11-16)31-37(32,33)23-4-3-17(26)10-20(23)27/h3-4,7-11,13,18,31H,5-6,12H2,1-2H3/t18-/m1/s1. The van der Waals surface area contributed by atoms with Gasteiger partial charge in [0.1, 0.15) is 45.9 Å². The van der Waals surface area contributed by atoms with Crippen LogP contribution in [0.3, 0.4) is 0 Å². The summed E-state index contributed by atoms with van der Waals surface area (Å²) in [6, 6.07) is 7.35. The molecule has 1 saturated heterocycles. The number of nitrogens with one attached hydrogen (secondary N) is 1. The van der Waals surface area contributed by atoms with Crippen LogP contribution in [0.2, 0.25) is 0 Å². The predicted octanol–water partition coefficient (Wildman–Crippen LogP) is 4.26. The van der Waals surface area contributed by atoms with Gasteiger partial charge in [0.25, 0.3) is 10.0 Å². The number of rotatable bonds is 7. The number of fused-ring (bicyclic) bond motifs is 1. The van der Waals surface area contributed by atoms with Gasteiger partial charge in [-0.2, -0.15) is 0 Å². The molecule has 4 aromatic rings. The number of halogens is 2. The van der Waals surface area contributed by atoms with Crippen LogP contribution in [0.5, 0.6) is 11.6 Å². The SMILES string of the molecule is COc1ncc(-c2cc(O[C@@H]3CCOC3)c3ncnc(C)c3c2)cc1NS(=O)(=O)c1ccc(F)cc1F. The van der Waals surface area contributed by atoms with E-state index in [2.05, 4.69) is 19.7 Å². The van der Waals surface area contributed by atoms with Crippen molar-refractivity contribution in [2.45, 2.75) is 24.3 Å². The fourth-order valence-corrected chi connectivity index (χ4v) is 5.15. The van der Waals surface area contributed by atoms with E-state index in [4.69, 9.17) is 14.2 Å². The van der Waals surface area contributed by atoms with Crippen LogP contribution in [-0.4, -0.2) is 49.8 Å². The Labute approximate surface area is 211 Å². The van der Waals surface area contributed by atoms with Gasteiger partial charge in [0.15, 0.2) is 0 Å². The zero-order chi connectivity index (χ0) is 26.2. The molecule has 37 heavy (non-hydrogen) atoms. The van der Waals surface area contributed by atoms with Gasteiger partial charge >= 0.3 is 0 Å². The van der Waals surface area contributed by atoms with Crippen molar-refractivity contribution in [1.82, 2.24) is 15.0 Å². The number of aryl methyl sites for hydroxylation is 1. The molecule has 1 fully saturated rings. The normalized spacial score (nSPS) is 15.6. The first kappa shape index (κ1) is 24.8. The lowest BCUT2D eigenvalue weighted by molar-refractivity contribution is 0.142. The van der Waals surface area contributed by atoms with Crippen molar-refractivity contribution >= 4 is 26.6 Å². The summed E-state index contributed by atoms with van der Waals surface area (Å²) in [5.74, 6) is -1.62. The van der Waals surface area contributed by atoms with Crippen LogP contribution in [0.15, 0.2) is 53.8 Å². The van der Waals surface area contributed by atoms with Crippen LogP contribution in [0.25, 0.3) is 22.0 Å². The van der Waals surface area contributed by atoms with Gasteiger partial charge in [-0.05, 0) is 42.8 Å². The van der Waals surface area contributed by atoms with Crippen molar-refractivity contribution in [1.29, 1.82) is 0 Å². The fraction of sp³-hybridized carbons (Fsp3) is 0.240. The van der Waals surface area contributed by atoms with Crippen molar-refractivity contribution in [3.63, 3.8) is 0 Å². The lowest BCUT2D eigenvalue weighted by Crippen LogP contribution is -2.16. The first-order valence-electron chi connectivity index (χ1n) is 11.3. The molecule has 0 saturated carbocycles. The monoisotopic (exact) mass is 528 g/mol. The van der Waals surface area contributed by atoms with Gasteiger partial charge < -0.3 is 14.2 Å². The highest BCUT2D eigenvalue weighted by molar-refractivity contribution is 7.92. The first-order valence-corrected chi connectivity index (χ1v) is 12.8. The van der Waals surface area contributed by atoms with Crippen molar-refractivity contribution < 1.29 is 31.4 Å². The summed E-state index contributed by atoms with van der Waals surface area (Å²) < 4.78 is 72.5. The zero-order valence-electron chi connectivity index (χ0n) is 19.9. The average Bonchev–Trinajstić information content (AvgIpc) is 3.37. The maximum absolute atomic E-state index is 14.2. The highest BCUT2D eigenvalue weighted by Gasteiger charge is 2.23. The van der Waals surface area contributed by atoms with E-state index in [-0.39, 0.29) is 17.7 Å². The number of pyridine rings is 1. The second kappa shape index (κ2) is 9.87. The zero-order valence-corrected chi connectivity index (χ0v) is 20.7. The lowest BCUT2D eigenvalue weighted by atomic mass is 10.0. The minimum Gasteiger partial charge on any atom is -0.486 e. The molecule has 0 bridgehead atoms. The number of aromatic nitrogens is 3. The minimum absolute atomic E-state index is 0.0310. The molecule has 0 amide bonds. The molecule has 0 aliphatic carbocycles. The van der Waals surface area contributed by atoms with Crippen molar-refractivity contribution in [2.24, 2.45) is 0 Å². The topological polar surface area (TPSA) is 113 Å². The van der Waals surface area contributed by atoms with Gasteiger partial charge in [-0.3, -0.25) is 4.72 Å². The Kier molecular flexibility index (Phi) is 6.61. The number of benzene rings is 2. The van der Waals surface area contributed by atoms with E-state index in [9.17, 15) is 17.2 Å². The molecule has 12 heteroatoms. The van der Waals surface area contributed by atoms with E-state index < -0.39 is 26.6 Å². The summed E-state index contributed by atoms with van der Waals surface area (Å²) in [5.41, 5.74) is 2.51. The van der Waals surface area contributed by atoms with Crippen LogP contribution in [0.1, 0.15) is 12.1 Å². The summed E-state index contributed by atoms with van der Waals surface area (Å²) >= 11 is 0. The molecule has 5 rings (SSSR count). The highest BCUT2D eigenvalue weighted by Crippen LogP contribution is 2.36. The largest absolute Gasteiger partial charge is 0.486 e. The maximum Gasteiger partial charge on any atom is 0.264 e. The van der Waals surface area contributed by atoms with E-state index in [1.165, 1.54) is 25.7 Å². The molecule has 1 N–H and O–H groups in total. The summed E-state index contributed by atoms with van der Waals surface area (Å²) in [6.07, 6.45) is 3.59. The Bertz CT molecular complexity index is 1590. The molecule has 2 aromatic heterocycles. The molecule has 9 nitrogen and oxygen atoms in total. The van der Waals surface area contributed by atoms with Crippen LogP contribution in [0.4, 0.5) is 14.5 Å². The van der Waals surface area contributed by atoms with Gasteiger partial charge in [-0.15, -0.1) is 0 Å². The van der Waals surface area contributed by atoms with Crippen molar-refractivity contribution in [2.75, 3.05) is 25.0 Å². The number of anilines is 1. The lowest BCUT2D eigenvalue weighted by Gasteiger charge is -2.17.